The quantitative estimate of drug-likeness (QED) is 0.0614. The Bertz CT molecular complexity index is 1270. The number of carbonyl (C=O) groups is 4. The Kier molecular flexibility index (Phi) is 15.9. The number of phosphoric acid groups is 2. The molecular formula is C28H46O16P2. The second kappa shape index (κ2) is 16.9. The van der Waals surface area contributed by atoms with Crippen molar-refractivity contribution in [3.63, 3.8) is 0 Å². The van der Waals surface area contributed by atoms with Crippen LogP contribution in [0.3, 0.4) is 0 Å². The average molecular weight is 701 g/mol. The third-order valence-electron chi connectivity index (χ3n) is 5.74. The predicted octanol–water partition coefficient (Wildman–Crippen LogP) is 3.58. The van der Waals surface area contributed by atoms with Crippen molar-refractivity contribution in [2.45, 2.75) is 98.1 Å². The van der Waals surface area contributed by atoms with Crippen molar-refractivity contribution in [2.75, 3.05) is 13.2 Å². The molecule has 2 atom stereocenters. The molecule has 0 aliphatic rings. The summed E-state index contributed by atoms with van der Waals surface area (Å²) >= 11 is 0. The lowest BCUT2D eigenvalue weighted by Crippen LogP contribution is -2.38. The lowest BCUT2D eigenvalue weighted by atomic mass is 9.86. The van der Waals surface area contributed by atoms with E-state index in [0.29, 0.717) is 0 Å². The summed E-state index contributed by atoms with van der Waals surface area (Å²) in [6, 6.07) is 0. The van der Waals surface area contributed by atoms with Crippen LogP contribution < -0.4 is 0 Å². The summed E-state index contributed by atoms with van der Waals surface area (Å²) in [6.07, 6.45) is -3.70. The molecule has 0 aliphatic carbocycles. The van der Waals surface area contributed by atoms with E-state index in [2.05, 4.69) is 19.7 Å². The van der Waals surface area contributed by atoms with Gasteiger partial charge < -0.3 is 38.5 Å². The van der Waals surface area contributed by atoms with E-state index in [1.807, 2.05) is 0 Å². The Hall–Kier alpha value is -2.68. The highest BCUT2D eigenvalue weighted by atomic mass is 31.2. The fourth-order valence-electron chi connectivity index (χ4n) is 3.82. The summed E-state index contributed by atoms with van der Waals surface area (Å²) in [7, 11) is -10.1. The number of phosphoric ester groups is 2. The molecule has 0 fully saturated rings. The minimum Gasteiger partial charge on any atom is -0.462 e. The molecule has 18 heteroatoms. The molecule has 0 aromatic carbocycles. The van der Waals surface area contributed by atoms with Crippen LogP contribution in [0.4, 0.5) is 0 Å². The molecule has 2 unspecified atom stereocenters. The third kappa shape index (κ3) is 18.5. The zero-order chi connectivity index (χ0) is 36.5. The first-order valence-corrected chi connectivity index (χ1v) is 16.8. The second-order valence-electron chi connectivity index (χ2n) is 12.6. The maximum atomic E-state index is 13.0. The van der Waals surface area contributed by atoms with Crippen molar-refractivity contribution in [3.8, 4) is 0 Å². The normalized spacial score (nSPS) is 14.0. The summed E-state index contributed by atoms with van der Waals surface area (Å²) in [5, 5.41) is 0. The van der Waals surface area contributed by atoms with Gasteiger partial charge in [0.25, 0.3) is 0 Å². The van der Waals surface area contributed by atoms with Crippen LogP contribution >= 0.6 is 15.6 Å². The molecule has 46 heavy (non-hydrogen) atoms. The molecule has 0 spiro atoms. The fraction of sp³-hybridized carbons (Fsp3) is 0.643. The smallest absolute Gasteiger partial charge is 0.462 e. The van der Waals surface area contributed by atoms with Gasteiger partial charge in [-0.2, -0.15) is 0 Å². The summed E-state index contributed by atoms with van der Waals surface area (Å²) < 4.78 is 53.3. The van der Waals surface area contributed by atoms with Gasteiger partial charge in [0.05, 0.1) is 5.41 Å². The number of rotatable bonds is 20. The molecule has 0 amide bonds. The maximum Gasteiger partial charge on any atom is 0.469 e. The van der Waals surface area contributed by atoms with E-state index in [4.69, 9.17) is 28.0 Å². The van der Waals surface area contributed by atoms with Gasteiger partial charge in [0.2, 0.25) is 0 Å². The van der Waals surface area contributed by atoms with Crippen molar-refractivity contribution >= 4 is 39.5 Å². The maximum absolute atomic E-state index is 13.0. The molecule has 4 N–H and O–H groups in total. The largest absolute Gasteiger partial charge is 0.469 e. The number of hydrogen-bond donors (Lipinski definition) is 4. The number of ether oxygens (including phenoxy) is 4. The molecule has 16 nitrogen and oxygen atoms in total. The second-order valence-corrected chi connectivity index (χ2v) is 14.9. The summed E-state index contributed by atoms with van der Waals surface area (Å²) in [5.41, 5.74) is -4.22. The lowest BCUT2D eigenvalue weighted by molar-refractivity contribution is -0.162. The van der Waals surface area contributed by atoms with Crippen LogP contribution in [-0.4, -0.2) is 80.1 Å². The average Bonchev–Trinajstić information content (AvgIpc) is 2.81. The molecule has 0 heterocycles. The van der Waals surface area contributed by atoms with Gasteiger partial charge in [-0.15, -0.1) is 0 Å². The molecule has 0 aromatic heterocycles. The Morgan fingerprint density at radius 1 is 0.652 bits per heavy atom. The number of hydrogen-bond acceptors (Lipinski definition) is 12. The van der Waals surface area contributed by atoms with Crippen molar-refractivity contribution in [2.24, 2.45) is 5.41 Å². The van der Waals surface area contributed by atoms with E-state index in [1.165, 1.54) is 55.4 Å². The van der Waals surface area contributed by atoms with Gasteiger partial charge in [0.1, 0.15) is 36.6 Å². The van der Waals surface area contributed by atoms with E-state index in [9.17, 15) is 47.9 Å². The first kappa shape index (κ1) is 43.3. The predicted molar refractivity (Wildman–Crippen MR) is 162 cm³/mol. The minimum atomic E-state index is -5.06. The van der Waals surface area contributed by atoms with Crippen molar-refractivity contribution in [3.05, 3.63) is 36.5 Å². The third-order valence-corrected chi connectivity index (χ3v) is 6.89. The van der Waals surface area contributed by atoms with Crippen LogP contribution in [0.5, 0.6) is 0 Å². The van der Waals surface area contributed by atoms with Crippen LogP contribution in [0.1, 0.15) is 74.7 Å². The minimum absolute atomic E-state index is 0.0378. The first-order valence-electron chi connectivity index (χ1n) is 13.7. The van der Waals surface area contributed by atoms with Crippen molar-refractivity contribution in [1.82, 2.24) is 0 Å². The molecule has 0 aromatic rings. The van der Waals surface area contributed by atoms with E-state index in [1.54, 1.807) is 0 Å². The van der Waals surface area contributed by atoms with Gasteiger partial charge in [-0.1, -0.05) is 19.7 Å². The van der Waals surface area contributed by atoms with E-state index in [0.717, 1.165) is 0 Å². The zero-order valence-corrected chi connectivity index (χ0v) is 29.2. The van der Waals surface area contributed by atoms with Gasteiger partial charge in [-0.3, -0.25) is 13.8 Å². The van der Waals surface area contributed by atoms with Gasteiger partial charge >= 0.3 is 39.5 Å². The highest BCUT2D eigenvalue weighted by Gasteiger charge is 2.38. The Morgan fingerprint density at radius 2 is 1.02 bits per heavy atom. The molecule has 0 aliphatic heterocycles. The molecule has 0 saturated carbocycles. The van der Waals surface area contributed by atoms with Crippen molar-refractivity contribution in [1.29, 1.82) is 0 Å². The summed E-state index contributed by atoms with van der Waals surface area (Å²) in [5.74, 6) is -3.44. The van der Waals surface area contributed by atoms with Crippen LogP contribution in [0.25, 0.3) is 0 Å². The van der Waals surface area contributed by atoms with Gasteiger partial charge in [0.15, 0.2) is 0 Å². The van der Waals surface area contributed by atoms with Crippen LogP contribution in [0.15, 0.2) is 36.5 Å². The molecule has 264 valence electrons. The topological polar surface area (TPSA) is 239 Å². The van der Waals surface area contributed by atoms with Crippen LogP contribution in [-0.2, 0) is 56.3 Å². The van der Waals surface area contributed by atoms with E-state index in [-0.39, 0.29) is 36.0 Å². The number of carbonyl (C=O) groups excluding carboxylic acids is 4. The van der Waals surface area contributed by atoms with Crippen LogP contribution in [0, 0.1) is 5.41 Å². The Balaban J connectivity index is 5.50. The van der Waals surface area contributed by atoms with Gasteiger partial charge in [-0.25, -0.2) is 23.5 Å². The zero-order valence-electron chi connectivity index (χ0n) is 27.4. The molecule has 0 rings (SSSR count). The van der Waals surface area contributed by atoms with E-state index < -0.39 is 81.6 Å². The molecule has 0 saturated heterocycles. The highest BCUT2D eigenvalue weighted by molar-refractivity contribution is 7.46. The van der Waals surface area contributed by atoms with E-state index >= 15 is 0 Å². The summed E-state index contributed by atoms with van der Waals surface area (Å²) in [6.45, 7) is 20.6. The van der Waals surface area contributed by atoms with Crippen molar-refractivity contribution < 1.29 is 75.9 Å². The van der Waals surface area contributed by atoms with Crippen LogP contribution in [0.2, 0.25) is 0 Å². The lowest BCUT2D eigenvalue weighted by Gasteiger charge is -2.31. The first-order chi connectivity index (χ1) is 20.5. The SMILES string of the molecule is C=C(C)C(=O)OCC(CC(C)(C)OC(=O)C(=C)CC(C)(C)C(=O)OCC(CC(C)(C)OC(=O)C(=C)C)OP(=O)(O)O)OP(=O)(O)O. The fourth-order valence-corrected chi connectivity index (χ4v) is 4.86. The molecule has 0 radical (unpaired) electrons. The Labute approximate surface area is 268 Å². The standard InChI is InChI=1S/C28H46O16P2/c1-17(2)22(29)39-15-20(43-45(33,34)35)13-28(10,11)42-24(31)19(5)12-26(6,7)25(32)40-16-21(44-46(36,37)38)14-27(8,9)41-23(30)18(3)4/h20-21H,1,3,5,12-16H2,2,4,6-11H3,(H2,33,34,35)(H2,36,37,38). The van der Waals surface area contributed by atoms with Gasteiger partial charge in [-0.05, 0) is 61.8 Å². The highest BCUT2D eigenvalue weighted by Crippen LogP contribution is 2.41. The summed E-state index contributed by atoms with van der Waals surface area (Å²) in [4.78, 5) is 86.7. The molecular weight excluding hydrogens is 654 g/mol. The monoisotopic (exact) mass is 700 g/mol. The number of esters is 4. The van der Waals surface area contributed by atoms with Gasteiger partial charge in [0, 0.05) is 29.6 Å². The Morgan fingerprint density at radius 3 is 1.39 bits per heavy atom. The molecule has 0 bridgehead atoms.